The number of likely N-dealkylation sites (N-methyl/N-ethyl adjacent to an activating group) is 1. The summed E-state index contributed by atoms with van der Waals surface area (Å²) in [7, 11) is 3.44. The standard InChI is InChI=1S/C37H46FN3O3/c1-5-7-9-13-16-33(37(43)40(3)23-8-6-2)39-35(42)25-32-31-24-30(44-4)21-22-34(31)41(26-27-14-11-10-12-15-27)36(32)28-17-19-29(38)20-18-28/h10-12,14-15,17-22,24,33H,5-9,13,16,23,25-26H2,1-4H3,(H,39,42). The number of nitrogens with zero attached hydrogens (tertiary/aromatic N) is 2. The monoisotopic (exact) mass is 599 g/mol. The average Bonchev–Trinajstić information content (AvgIpc) is 3.33. The van der Waals surface area contributed by atoms with Gasteiger partial charge in [0.15, 0.2) is 0 Å². The maximum absolute atomic E-state index is 14.1. The number of methoxy groups -OCH3 is 1. The van der Waals surface area contributed by atoms with Gasteiger partial charge >= 0.3 is 0 Å². The van der Waals surface area contributed by atoms with Crippen LogP contribution in [0.25, 0.3) is 22.2 Å². The second-order valence-corrected chi connectivity index (χ2v) is 11.5. The maximum Gasteiger partial charge on any atom is 0.244 e. The lowest BCUT2D eigenvalue weighted by atomic mass is 10.0. The van der Waals surface area contributed by atoms with Crippen molar-refractivity contribution < 1.29 is 18.7 Å². The second-order valence-electron chi connectivity index (χ2n) is 11.5. The number of nitrogens with one attached hydrogen (secondary N) is 1. The van der Waals surface area contributed by atoms with Gasteiger partial charge in [0.1, 0.15) is 17.6 Å². The average molecular weight is 600 g/mol. The normalized spacial score (nSPS) is 11.8. The van der Waals surface area contributed by atoms with Crippen LogP contribution in [-0.4, -0.2) is 48.0 Å². The van der Waals surface area contributed by atoms with E-state index >= 15 is 0 Å². The van der Waals surface area contributed by atoms with E-state index in [2.05, 4.69) is 35.9 Å². The van der Waals surface area contributed by atoms with Crippen LogP contribution >= 0.6 is 0 Å². The van der Waals surface area contributed by atoms with Gasteiger partial charge in [-0.25, -0.2) is 4.39 Å². The van der Waals surface area contributed by atoms with Crippen molar-refractivity contribution in [2.24, 2.45) is 0 Å². The number of carbonyl (C=O) groups is 2. The van der Waals surface area contributed by atoms with Gasteiger partial charge in [-0.3, -0.25) is 9.59 Å². The van der Waals surface area contributed by atoms with E-state index in [0.29, 0.717) is 25.3 Å². The number of halogens is 1. The molecule has 7 heteroatoms. The molecule has 4 rings (SSSR count). The largest absolute Gasteiger partial charge is 0.497 e. The Hall–Kier alpha value is -4.13. The molecule has 6 nitrogen and oxygen atoms in total. The zero-order valence-electron chi connectivity index (χ0n) is 26.6. The Bertz CT molecular complexity index is 1510. The number of aromatic nitrogens is 1. The third kappa shape index (κ3) is 8.28. The third-order valence-electron chi connectivity index (χ3n) is 8.22. The first kappa shape index (κ1) is 32.8. The number of benzene rings is 3. The van der Waals surface area contributed by atoms with E-state index in [1.54, 1.807) is 24.1 Å². The van der Waals surface area contributed by atoms with Crippen LogP contribution in [-0.2, 0) is 22.6 Å². The highest BCUT2D eigenvalue weighted by Gasteiger charge is 2.26. The summed E-state index contributed by atoms with van der Waals surface area (Å²) in [6.07, 6.45) is 6.69. The van der Waals surface area contributed by atoms with Gasteiger partial charge in [0.25, 0.3) is 0 Å². The van der Waals surface area contributed by atoms with E-state index in [1.165, 1.54) is 12.1 Å². The highest BCUT2D eigenvalue weighted by molar-refractivity contribution is 5.97. The van der Waals surface area contributed by atoms with Gasteiger partial charge < -0.3 is 19.5 Å². The fraction of sp³-hybridized carbons (Fsp3) is 0.405. The molecule has 0 bridgehead atoms. The summed E-state index contributed by atoms with van der Waals surface area (Å²) in [5, 5.41) is 4.00. The fourth-order valence-corrected chi connectivity index (χ4v) is 5.79. The summed E-state index contributed by atoms with van der Waals surface area (Å²) >= 11 is 0. The molecule has 1 atom stereocenters. The quantitative estimate of drug-likeness (QED) is 0.134. The molecule has 1 N–H and O–H groups in total. The number of carbonyl (C=O) groups excluding carboxylic acids is 2. The molecule has 3 aromatic carbocycles. The van der Waals surface area contributed by atoms with Gasteiger partial charge in [-0.1, -0.05) is 76.3 Å². The van der Waals surface area contributed by atoms with E-state index in [1.807, 2.05) is 43.4 Å². The Kier molecular flexibility index (Phi) is 12.0. The van der Waals surface area contributed by atoms with Gasteiger partial charge in [0.05, 0.1) is 19.2 Å². The summed E-state index contributed by atoms with van der Waals surface area (Å²) in [4.78, 5) is 29.1. The zero-order chi connectivity index (χ0) is 31.5. The fourth-order valence-electron chi connectivity index (χ4n) is 5.79. The first-order chi connectivity index (χ1) is 21.4. The number of amides is 2. The van der Waals surface area contributed by atoms with Crippen molar-refractivity contribution in [3.05, 3.63) is 89.7 Å². The molecule has 0 aliphatic rings. The molecule has 0 aliphatic heterocycles. The summed E-state index contributed by atoms with van der Waals surface area (Å²) in [5.74, 6) is 0.100. The molecule has 2 amide bonds. The lowest BCUT2D eigenvalue weighted by Gasteiger charge is -2.25. The van der Waals surface area contributed by atoms with E-state index in [-0.39, 0.29) is 24.1 Å². The summed E-state index contributed by atoms with van der Waals surface area (Å²) in [6, 6.07) is 21.8. The van der Waals surface area contributed by atoms with Crippen LogP contribution in [0.3, 0.4) is 0 Å². The Labute approximate surface area is 261 Å². The molecule has 0 aliphatic carbocycles. The third-order valence-corrected chi connectivity index (χ3v) is 8.22. The molecule has 234 valence electrons. The highest BCUT2D eigenvalue weighted by atomic mass is 19.1. The van der Waals surface area contributed by atoms with E-state index in [0.717, 1.165) is 71.8 Å². The molecule has 0 saturated carbocycles. The molecule has 44 heavy (non-hydrogen) atoms. The summed E-state index contributed by atoms with van der Waals surface area (Å²) in [5.41, 5.74) is 4.52. The minimum absolute atomic E-state index is 0.0461. The van der Waals surface area contributed by atoms with E-state index in [9.17, 15) is 14.0 Å². The molecule has 1 aromatic heterocycles. The number of ether oxygens (including phenoxy) is 1. The van der Waals surface area contributed by atoms with Crippen LogP contribution in [0.1, 0.15) is 69.9 Å². The molecule has 4 aromatic rings. The minimum atomic E-state index is -0.581. The van der Waals surface area contributed by atoms with Crippen LogP contribution in [0.5, 0.6) is 5.75 Å². The number of unbranched alkanes of at least 4 members (excludes halogenated alkanes) is 4. The maximum atomic E-state index is 14.1. The Balaban J connectivity index is 1.75. The van der Waals surface area contributed by atoms with E-state index < -0.39 is 6.04 Å². The van der Waals surface area contributed by atoms with Crippen LogP contribution in [0, 0.1) is 5.82 Å². The molecule has 0 fully saturated rings. The topological polar surface area (TPSA) is 63.6 Å². The Morgan fingerprint density at radius 1 is 0.932 bits per heavy atom. The van der Waals surface area contributed by atoms with Crippen molar-refractivity contribution in [2.75, 3.05) is 20.7 Å². The SMILES string of the molecule is CCCCCCC(NC(=O)Cc1c(-c2ccc(F)cc2)n(Cc2ccccc2)c2ccc(OC)cc12)C(=O)N(C)CCCC. The predicted molar refractivity (Wildman–Crippen MR) is 176 cm³/mol. The molecular formula is C37H46FN3O3. The molecule has 1 heterocycles. The van der Waals surface area contributed by atoms with Gasteiger partial charge in [0.2, 0.25) is 11.8 Å². The summed E-state index contributed by atoms with van der Waals surface area (Å²) in [6.45, 7) is 5.49. The van der Waals surface area contributed by atoms with Crippen molar-refractivity contribution in [3.8, 4) is 17.0 Å². The zero-order valence-corrected chi connectivity index (χ0v) is 26.6. The van der Waals surface area contributed by atoms with Crippen molar-refractivity contribution >= 4 is 22.7 Å². The Morgan fingerprint density at radius 2 is 1.66 bits per heavy atom. The van der Waals surface area contributed by atoms with Crippen molar-refractivity contribution in [1.82, 2.24) is 14.8 Å². The number of hydrogen-bond donors (Lipinski definition) is 1. The highest BCUT2D eigenvalue weighted by Crippen LogP contribution is 2.37. The van der Waals surface area contributed by atoms with Crippen LogP contribution in [0.2, 0.25) is 0 Å². The molecule has 0 saturated heterocycles. The Morgan fingerprint density at radius 3 is 2.34 bits per heavy atom. The van der Waals surface area contributed by atoms with Crippen LogP contribution in [0.15, 0.2) is 72.8 Å². The van der Waals surface area contributed by atoms with Gasteiger partial charge in [-0.2, -0.15) is 0 Å². The molecule has 0 radical (unpaired) electrons. The van der Waals surface area contributed by atoms with Gasteiger partial charge in [0, 0.05) is 31.0 Å². The van der Waals surface area contributed by atoms with Crippen molar-refractivity contribution in [2.45, 2.75) is 77.8 Å². The van der Waals surface area contributed by atoms with Gasteiger partial charge in [-0.05, 0) is 72.0 Å². The number of rotatable bonds is 16. The van der Waals surface area contributed by atoms with Crippen molar-refractivity contribution in [1.29, 1.82) is 0 Å². The minimum Gasteiger partial charge on any atom is -0.497 e. The molecule has 0 spiro atoms. The molecule has 1 unspecified atom stereocenters. The van der Waals surface area contributed by atoms with Crippen molar-refractivity contribution in [3.63, 3.8) is 0 Å². The first-order valence-electron chi connectivity index (χ1n) is 15.9. The lowest BCUT2D eigenvalue weighted by molar-refractivity contribution is -0.135. The van der Waals surface area contributed by atoms with Gasteiger partial charge in [-0.15, -0.1) is 0 Å². The lowest BCUT2D eigenvalue weighted by Crippen LogP contribution is -2.48. The smallest absolute Gasteiger partial charge is 0.244 e. The summed E-state index contributed by atoms with van der Waals surface area (Å²) < 4.78 is 21.8. The molecular weight excluding hydrogens is 553 g/mol. The van der Waals surface area contributed by atoms with Crippen LogP contribution in [0.4, 0.5) is 4.39 Å². The van der Waals surface area contributed by atoms with Crippen LogP contribution < -0.4 is 10.1 Å². The second kappa shape index (κ2) is 16.1. The number of hydrogen-bond acceptors (Lipinski definition) is 3. The predicted octanol–water partition coefficient (Wildman–Crippen LogP) is 7.76. The number of fused-ring (bicyclic) bond motifs is 1. The van der Waals surface area contributed by atoms with E-state index in [4.69, 9.17) is 4.74 Å². The first-order valence-corrected chi connectivity index (χ1v) is 15.9.